The lowest BCUT2D eigenvalue weighted by atomic mass is 10.2. The lowest BCUT2D eigenvalue weighted by Crippen LogP contribution is -2.13. The van der Waals surface area contributed by atoms with Gasteiger partial charge in [0.05, 0.1) is 10.6 Å². The van der Waals surface area contributed by atoms with Crippen molar-refractivity contribution in [2.24, 2.45) is 0 Å². The van der Waals surface area contributed by atoms with Crippen LogP contribution in [0.25, 0.3) is 0 Å². The Bertz CT molecular complexity index is 624. The van der Waals surface area contributed by atoms with Crippen molar-refractivity contribution in [3.63, 3.8) is 0 Å². The van der Waals surface area contributed by atoms with Crippen LogP contribution in [0.1, 0.15) is 16.1 Å². The van der Waals surface area contributed by atoms with Crippen molar-refractivity contribution in [1.82, 2.24) is 4.98 Å². The molecule has 1 aromatic carbocycles. The minimum absolute atomic E-state index is 0.264. The van der Waals surface area contributed by atoms with E-state index in [4.69, 9.17) is 11.6 Å². The zero-order valence-electron chi connectivity index (χ0n) is 11.6. The van der Waals surface area contributed by atoms with Gasteiger partial charge in [-0.2, -0.15) is 0 Å². The van der Waals surface area contributed by atoms with Crippen LogP contribution in [0.4, 0.5) is 11.4 Å². The molecule has 0 unspecified atom stereocenters. The van der Waals surface area contributed by atoms with E-state index in [0.29, 0.717) is 10.6 Å². The lowest BCUT2D eigenvalue weighted by Gasteiger charge is -2.13. The topological polar surface area (TPSA) is 45.2 Å². The molecule has 0 atom stereocenters. The first-order chi connectivity index (χ1) is 9.47. The van der Waals surface area contributed by atoms with E-state index in [2.05, 4.69) is 10.3 Å². The molecule has 1 amide bonds. The number of benzene rings is 1. The molecular weight excluding hydrogens is 274 g/mol. The maximum absolute atomic E-state index is 12.1. The molecule has 0 aliphatic carbocycles. The highest BCUT2D eigenvalue weighted by Crippen LogP contribution is 2.19. The maximum Gasteiger partial charge on any atom is 0.258 e. The first kappa shape index (κ1) is 14.3. The average Bonchev–Trinajstić information content (AvgIpc) is 2.39. The number of amides is 1. The molecule has 0 bridgehead atoms. The summed E-state index contributed by atoms with van der Waals surface area (Å²) in [5, 5.41) is 3.21. The standard InChI is InChI=1S/C15H16ClN3O/c1-10-8-14(16)13(9-17-10)15(20)18-11-4-6-12(7-5-11)19(2)3/h4-9H,1-3H3,(H,18,20). The van der Waals surface area contributed by atoms with Crippen LogP contribution in [0.2, 0.25) is 5.02 Å². The van der Waals surface area contributed by atoms with Crippen LogP contribution in [0.5, 0.6) is 0 Å². The van der Waals surface area contributed by atoms with Crippen molar-refractivity contribution in [1.29, 1.82) is 0 Å². The van der Waals surface area contributed by atoms with Crippen molar-refractivity contribution in [3.05, 3.63) is 52.8 Å². The van der Waals surface area contributed by atoms with Gasteiger partial charge in [0.25, 0.3) is 5.91 Å². The van der Waals surface area contributed by atoms with E-state index in [9.17, 15) is 4.79 Å². The number of hydrogen-bond donors (Lipinski definition) is 1. The van der Waals surface area contributed by atoms with Crippen molar-refractivity contribution in [2.45, 2.75) is 6.92 Å². The molecule has 2 aromatic rings. The summed E-state index contributed by atoms with van der Waals surface area (Å²) in [6, 6.07) is 9.24. The van der Waals surface area contributed by atoms with Gasteiger partial charge in [0.1, 0.15) is 0 Å². The molecule has 0 aliphatic rings. The normalized spacial score (nSPS) is 10.2. The van der Waals surface area contributed by atoms with Crippen LogP contribution >= 0.6 is 11.6 Å². The number of nitrogens with one attached hydrogen (secondary N) is 1. The highest BCUT2D eigenvalue weighted by molar-refractivity contribution is 6.34. The summed E-state index contributed by atoms with van der Waals surface area (Å²) in [4.78, 5) is 18.2. The molecule has 1 aromatic heterocycles. The molecular formula is C15H16ClN3O. The van der Waals surface area contributed by atoms with E-state index in [0.717, 1.165) is 17.1 Å². The summed E-state index contributed by atoms with van der Waals surface area (Å²) in [6.07, 6.45) is 1.49. The molecule has 20 heavy (non-hydrogen) atoms. The fourth-order valence-electron chi connectivity index (χ4n) is 1.73. The highest BCUT2D eigenvalue weighted by atomic mass is 35.5. The first-order valence-corrected chi connectivity index (χ1v) is 6.56. The number of rotatable bonds is 3. The summed E-state index contributed by atoms with van der Waals surface area (Å²) in [5.41, 5.74) is 2.94. The Balaban J connectivity index is 2.15. The third-order valence-electron chi connectivity index (χ3n) is 2.88. The lowest BCUT2D eigenvalue weighted by molar-refractivity contribution is 0.102. The van der Waals surface area contributed by atoms with Crippen molar-refractivity contribution in [2.75, 3.05) is 24.3 Å². The number of pyridine rings is 1. The third-order valence-corrected chi connectivity index (χ3v) is 3.19. The number of halogens is 1. The Morgan fingerprint density at radius 1 is 1.25 bits per heavy atom. The van der Waals surface area contributed by atoms with Gasteiger partial charge in [0.15, 0.2) is 0 Å². The van der Waals surface area contributed by atoms with Gasteiger partial charge in [-0.1, -0.05) is 11.6 Å². The maximum atomic E-state index is 12.1. The third kappa shape index (κ3) is 3.27. The summed E-state index contributed by atoms with van der Waals surface area (Å²) >= 11 is 6.05. The molecule has 0 saturated carbocycles. The molecule has 0 fully saturated rings. The largest absolute Gasteiger partial charge is 0.378 e. The van der Waals surface area contributed by atoms with E-state index in [-0.39, 0.29) is 5.91 Å². The van der Waals surface area contributed by atoms with Crippen LogP contribution in [0.15, 0.2) is 36.5 Å². The van der Waals surface area contributed by atoms with Crippen LogP contribution in [-0.2, 0) is 0 Å². The fraction of sp³-hybridized carbons (Fsp3) is 0.200. The Morgan fingerprint density at radius 3 is 2.45 bits per heavy atom. The fourth-order valence-corrected chi connectivity index (χ4v) is 2.03. The quantitative estimate of drug-likeness (QED) is 0.942. The molecule has 4 nitrogen and oxygen atoms in total. The summed E-state index contributed by atoms with van der Waals surface area (Å²) in [7, 11) is 3.93. The van der Waals surface area contributed by atoms with E-state index >= 15 is 0 Å². The number of nitrogens with zero attached hydrogens (tertiary/aromatic N) is 2. The molecule has 0 radical (unpaired) electrons. The SMILES string of the molecule is Cc1cc(Cl)c(C(=O)Nc2ccc(N(C)C)cc2)cn1. The number of aromatic nitrogens is 1. The Labute approximate surface area is 123 Å². The minimum Gasteiger partial charge on any atom is -0.378 e. The average molecular weight is 290 g/mol. The predicted octanol–water partition coefficient (Wildman–Crippen LogP) is 3.36. The highest BCUT2D eigenvalue weighted by Gasteiger charge is 2.11. The van der Waals surface area contributed by atoms with E-state index in [1.165, 1.54) is 6.20 Å². The van der Waals surface area contributed by atoms with Gasteiger partial charge >= 0.3 is 0 Å². The predicted molar refractivity (Wildman–Crippen MR) is 82.7 cm³/mol. The minimum atomic E-state index is -0.264. The summed E-state index contributed by atoms with van der Waals surface area (Å²) in [5.74, 6) is -0.264. The Morgan fingerprint density at radius 2 is 1.90 bits per heavy atom. The first-order valence-electron chi connectivity index (χ1n) is 6.18. The zero-order chi connectivity index (χ0) is 14.7. The number of carbonyl (C=O) groups excluding carboxylic acids is 1. The molecule has 0 spiro atoms. The summed E-state index contributed by atoms with van der Waals surface area (Å²) < 4.78 is 0. The van der Waals surface area contributed by atoms with Crippen molar-refractivity contribution < 1.29 is 4.79 Å². The second kappa shape index (κ2) is 5.92. The zero-order valence-corrected chi connectivity index (χ0v) is 12.4. The van der Waals surface area contributed by atoms with Gasteiger partial charge in [-0.05, 0) is 37.3 Å². The molecule has 104 valence electrons. The van der Waals surface area contributed by atoms with Crippen LogP contribution in [0.3, 0.4) is 0 Å². The van der Waals surface area contributed by atoms with Gasteiger partial charge in [0, 0.05) is 37.4 Å². The number of carbonyl (C=O) groups is 1. The number of aryl methyl sites for hydroxylation is 1. The van der Waals surface area contributed by atoms with Crippen LogP contribution in [0, 0.1) is 6.92 Å². The van der Waals surface area contributed by atoms with Crippen molar-refractivity contribution in [3.8, 4) is 0 Å². The number of hydrogen-bond acceptors (Lipinski definition) is 3. The van der Waals surface area contributed by atoms with E-state index < -0.39 is 0 Å². The molecule has 0 saturated heterocycles. The Hall–Kier alpha value is -2.07. The molecule has 1 heterocycles. The van der Waals surface area contributed by atoms with Gasteiger partial charge in [-0.15, -0.1) is 0 Å². The van der Waals surface area contributed by atoms with Gasteiger partial charge < -0.3 is 10.2 Å². The monoisotopic (exact) mass is 289 g/mol. The molecule has 1 N–H and O–H groups in total. The molecule has 2 rings (SSSR count). The van der Waals surface area contributed by atoms with Gasteiger partial charge in [0.2, 0.25) is 0 Å². The van der Waals surface area contributed by atoms with Gasteiger partial charge in [-0.25, -0.2) is 0 Å². The van der Waals surface area contributed by atoms with Gasteiger partial charge in [-0.3, -0.25) is 9.78 Å². The number of anilines is 2. The molecule has 5 heteroatoms. The Kier molecular flexibility index (Phi) is 4.25. The van der Waals surface area contributed by atoms with Crippen LogP contribution < -0.4 is 10.2 Å². The second-order valence-corrected chi connectivity index (χ2v) is 5.11. The van der Waals surface area contributed by atoms with Crippen molar-refractivity contribution >= 4 is 28.9 Å². The van der Waals surface area contributed by atoms with Crippen LogP contribution in [-0.4, -0.2) is 25.0 Å². The van der Waals surface area contributed by atoms with E-state index in [1.54, 1.807) is 6.07 Å². The van der Waals surface area contributed by atoms with E-state index in [1.807, 2.05) is 50.2 Å². The smallest absolute Gasteiger partial charge is 0.258 e. The molecule has 0 aliphatic heterocycles. The summed E-state index contributed by atoms with van der Waals surface area (Å²) in [6.45, 7) is 1.83. The second-order valence-electron chi connectivity index (χ2n) is 4.70.